The quantitative estimate of drug-likeness (QED) is 0.460. The molecule has 0 fully saturated rings. The zero-order chi connectivity index (χ0) is 15.9. The first kappa shape index (κ1) is 18.1. The third-order valence-corrected chi connectivity index (χ3v) is 2.64. The first-order valence-corrected chi connectivity index (χ1v) is 6.73. The lowest BCUT2D eigenvalue weighted by atomic mass is 9.95. The molecule has 0 aromatic rings. The Kier molecular flexibility index (Phi) is 7.53. The van der Waals surface area contributed by atoms with Gasteiger partial charge in [-0.2, -0.15) is 0 Å². The van der Waals surface area contributed by atoms with E-state index in [1.807, 2.05) is 65.8 Å². The van der Waals surface area contributed by atoms with Crippen molar-refractivity contribution in [2.24, 2.45) is 0 Å². The summed E-state index contributed by atoms with van der Waals surface area (Å²) in [5, 5.41) is 0. The summed E-state index contributed by atoms with van der Waals surface area (Å²) >= 11 is 0. The SMILES string of the molecule is C=C(C)/C=C\C(C(=O)C(/C=C\C(=C)C)=C(C)C)=C(C)C. The highest BCUT2D eigenvalue weighted by molar-refractivity contribution is 6.12. The minimum absolute atomic E-state index is 0.0417. The fourth-order valence-corrected chi connectivity index (χ4v) is 1.54. The molecule has 0 spiro atoms. The smallest absolute Gasteiger partial charge is 0.192 e. The highest BCUT2D eigenvalue weighted by atomic mass is 16.1. The number of rotatable bonds is 6. The molecule has 0 aliphatic carbocycles. The predicted molar refractivity (Wildman–Crippen MR) is 89.7 cm³/mol. The fourth-order valence-electron chi connectivity index (χ4n) is 1.54. The molecule has 0 heterocycles. The standard InChI is InChI=1S/C19H26O/c1-13(2)9-11-17(15(5)6)19(20)18(16(7)8)12-10-14(3)4/h9-12H,1,3H2,2,4-8H3/b11-9-,12-10-. The van der Waals surface area contributed by atoms with Crippen LogP contribution in [0.15, 0.2) is 70.9 Å². The van der Waals surface area contributed by atoms with Crippen LogP contribution in [0.1, 0.15) is 41.5 Å². The Hall–Kier alpha value is -1.89. The zero-order valence-corrected chi connectivity index (χ0v) is 13.6. The van der Waals surface area contributed by atoms with E-state index in [-0.39, 0.29) is 5.78 Å². The van der Waals surface area contributed by atoms with Gasteiger partial charge < -0.3 is 0 Å². The van der Waals surface area contributed by atoms with Crippen molar-refractivity contribution in [3.05, 3.63) is 70.9 Å². The monoisotopic (exact) mass is 270 g/mol. The van der Waals surface area contributed by atoms with Crippen LogP contribution >= 0.6 is 0 Å². The molecule has 0 aromatic carbocycles. The molecule has 0 saturated carbocycles. The van der Waals surface area contributed by atoms with E-state index in [4.69, 9.17) is 0 Å². The van der Waals surface area contributed by atoms with Crippen LogP contribution in [-0.2, 0) is 4.79 Å². The Balaban J connectivity index is 5.67. The number of Topliss-reactive ketones (excluding diaryl/α,β-unsaturated/α-hetero) is 1. The summed E-state index contributed by atoms with van der Waals surface area (Å²) in [6.07, 6.45) is 7.42. The van der Waals surface area contributed by atoms with Crippen LogP contribution in [0.4, 0.5) is 0 Å². The largest absolute Gasteiger partial charge is 0.289 e. The Morgan fingerprint density at radius 2 is 0.950 bits per heavy atom. The van der Waals surface area contributed by atoms with Gasteiger partial charge >= 0.3 is 0 Å². The average Bonchev–Trinajstić information content (AvgIpc) is 2.27. The molecule has 108 valence electrons. The second-order valence-electron chi connectivity index (χ2n) is 5.52. The van der Waals surface area contributed by atoms with Crippen LogP contribution in [0.5, 0.6) is 0 Å². The molecule has 0 aliphatic heterocycles. The first-order chi connectivity index (χ1) is 9.16. The van der Waals surface area contributed by atoms with Gasteiger partial charge in [-0.25, -0.2) is 0 Å². The summed E-state index contributed by atoms with van der Waals surface area (Å²) in [7, 11) is 0. The predicted octanol–water partition coefficient (Wildman–Crippen LogP) is 5.49. The third kappa shape index (κ3) is 6.33. The summed E-state index contributed by atoms with van der Waals surface area (Å²) in [5.74, 6) is 0.0417. The molecule has 0 amide bonds. The average molecular weight is 270 g/mol. The lowest BCUT2D eigenvalue weighted by molar-refractivity contribution is -0.111. The van der Waals surface area contributed by atoms with E-state index in [1.54, 1.807) is 0 Å². The highest BCUT2D eigenvalue weighted by Crippen LogP contribution is 2.18. The number of hydrogen-bond donors (Lipinski definition) is 0. The highest BCUT2D eigenvalue weighted by Gasteiger charge is 2.13. The maximum absolute atomic E-state index is 12.7. The number of carbonyl (C=O) groups is 1. The maximum Gasteiger partial charge on any atom is 0.192 e. The Labute approximate surface area is 123 Å². The van der Waals surface area contributed by atoms with Crippen molar-refractivity contribution in [3.8, 4) is 0 Å². The van der Waals surface area contributed by atoms with Gasteiger partial charge in [0.15, 0.2) is 5.78 Å². The molecule has 0 atom stereocenters. The molecule has 20 heavy (non-hydrogen) atoms. The molecule has 1 heteroatoms. The van der Waals surface area contributed by atoms with E-state index in [9.17, 15) is 4.79 Å². The van der Waals surface area contributed by atoms with Crippen LogP contribution in [0.3, 0.4) is 0 Å². The number of allylic oxidation sites excluding steroid dienone is 10. The van der Waals surface area contributed by atoms with Crippen molar-refractivity contribution < 1.29 is 4.79 Å². The van der Waals surface area contributed by atoms with E-state index < -0.39 is 0 Å². The minimum atomic E-state index is 0.0417. The normalized spacial score (nSPS) is 10.7. The Bertz CT molecular complexity index is 478. The van der Waals surface area contributed by atoms with E-state index in [2.05, 4.69) is 13.2 Å². The van der Waals surface area contributed by atoms with Crippen LogP contribution in [0.2, 0.25) is 0 Å². The molecular weight excluding hydrogens is 244 g/mol. The summed E-state index contributed by atoms with van der Waals surface area (Å²) in [6.45, 7) is 19.3. The minimum Gasteiger partial charge on any atom is -0.289 e. The molecule has 1 nitrogen and oxygen atoms in total. The van der Waals surface area contributed by atoms with E-state index in [0.717, 1.165) is 33.4 Å². The molecular formula is C19H26O. The third-order valence-electron chi connectivity index (χ3n) is 2.64. The number of hydrogen-bond acceptors (Lipinski definition) is 1. The fraction of sp³-hybridized carbons (Fsp3) is 0.316. The molecule has 0 unspecified atom stereocenters. The van der Waals surface area contributed by atoms with Gasteiger partial charge in [0.2, 0.25) is 0 Å². The van der Waals surface area contributed by atoms with Gasteiger partial charge in [0.1, 0.15) is 0 Å². The van der Waals surface area contributed by atoms with Crippen LogP contribution in [0, 0.1) is 0 Å². The van der Waals surface area contributed by atoms with Gasteiger partial charge in [-0.3, -0.25) is 4.79 Å². The van der Waals surface area contributed by atoms with Crippen LogP contribution in [-0.4, -0.2) is 5.78 Å². The molecule has 0 N–H and O–H groups in total. The summed E-state index contributed by atoms with van der Waals surface area (Å²) in [6, 6.07) is 0. The summed E-state index contributed by atoms with van der Waals surface area (Å²) < 4.78 is 0. The van der Waals surface area contributed by atoms with Crippen molar-refractivity contribution in [3.63, 3.8) is 0 Å². The lowest BCUT2D eigenvalue weighted by Crippen LogP contribution is -2.06. The van der Waals surface area contributed by atoms with E-state index in [0.29, 0.717) is 0 Å². The van der Waals surface area contributed by atoms with Crippen LogP contribution in [0.25, 0.3) is 0 Å². The van der Waals surface area contributed by atoms with Gasteiger partial charge in [-0.1, -0.05) is 59.8 Å². The molecule has 0 aliphatic rings. The van der Waals surface area contributed by atoms with Crippen molar-refractivity contribution in [2.45, 2.75) is 41.5 Å². The van der Waals surface area contributed by atoms with Crippen molar-refractivity contribution in [1.82, 2.24) is 0 Å². The number of ketones is 1. The van der Waals surface area contributed by atoms with Gasteiger partial charge in [0.05, 0.1) is 0 Å². The van der Waals surface area contributed by atoms with Crippen molar-refractivity contribution in [1.29, 1.82) is 0 Å². The van der Waals surface area contributed by atoms with Crippen LogP contribution < -0.4 is 0 Å². The first-order valence-electron chi connectivity index (χ1n) is 6.73. The maximum atomic E-state index is 12.7. The van der Waals surface area contributed by atoms with Gasteiger partial charge in [0.25, 0.3) is 0 Å². The molecule has 0 radical (unpaired) electrons. The lowest BCUT2D eigenvalue weighted by Gasteiger charge is -2.08. The zero-order valence-electron chi connectivity index (χ0n) is 13.6. The molecule has 0 aromatic heterocycles. The van der Waals surface area contributed by atoms with E-state index >= 15 is 0 Å². The van der Waals surface area contributed by atoms with Gasteiger partial charge in [-0.05, 0) is 41.5 Å². The summed E-state index contributed by atoms with van der Waals surface area (Å²) in [4.78, 5) is 12.7. The van der Waals surface area contributed by atoms with Gasteiger partial charge in [-0.15, -0.1) is 0 Å². The van der Waals surface area contributed by atoms with Gasteiger partial charge in [0, 0.05) is 11.1 Å². The second kappa shape index (κ2) is 8.31. The topological polar surface area (TPSA) is 17.1 Å². The molecule has 0 rings (SSSR count). The Morgan fingerprint density at radius 1 is 0.650 bits per heavy atom. The van der Waals surface area contributed by atoms with Crippen molar-refractivity contribution >= 4 is 5.78 Å². The van der Waals surface area contributed by atoms with E-state index in [1.165, 1.54) is 0 Å². The number of carbonyl (C=O) groups excluding carboxylic acids is 1. The second-order valence-corrected chi connectivity index (χ2v) is 5.52. The summed E-state index contributed by atoms with van der Waals surface area (Å²) in [5.41, 5.74) is 5.27. The Morgan fingerprint density at radius 3 is 1.15 bits per heavy atom. The molecule has 0 saturated heterocycles. The molecule has 0 bridgehead atoms. The van der Waals surface area contributed by atoms with Crippen molar-refractivity contribution in [2.75, 3.05) is 0 Å².